The monoisotopic (exact) mass is 239 g/mol. The van der Waals surface area contributed by atoms with Gasteiger partial charge < -0.3 is 7.69 Å². The number of carbonyl (C=O) groups is 1. The number of thiol groups is 2. The predicted octanol–water partition coefficient (Wildman–Crippen LogP) is -5.34. The average Bonchev–Trinajstić information content (AvgIpc) is 2.39. The molecule has 0 saturated heterocycles. The van der Waals surface area contributed by atoms with Gasteiger partial charge in [-0.15, -0.1) is 0 Å². The van der Waals surface area contributed by atoms with Crippen molar-refractivity contribution >= 4 is 31.7 Å². The Balaban J connectivity index is -0.000000151. The Kier molecular flexibility index (Phi) is 10.8. The molecule has 0 aliphatic heterocycles. The van der Waals surface area contributed by atoms with Gasteiger partial charge in [-0.3, -0.25) is 0 Å². The molecule has 0 atom stereocenters. The molecule has 0 bridgehead atoms. The Morgan fingerprint density at radius 1 is 1.54 bits per heavy atom. The van der Waals surface area contributed by atoms with E-state index in [4.69, 9.17) is 0 Å². The number of hydrogen-bond donors (Lipinski definition) is 2. The Morgan fingerprint density at radius 3 is 2.54 bits per heavy atom. The second-order valence-electron chi connectivity index (χ2n) is 1.57. The molecule has 0 aliphatic rings. The summed E-state index contributed by atoms with van der Waals surface area (Å²) in [7, 11) is 0. The minimum Gasteiger partial charge on any atom is -1.00 e. The van der Waals surface area contributed by atoms with E-state index in [0.29, 0.717) is 0 Å². The molecule has 5 nitrogen and oxygen atoms in total. The van der Waals surface area contributed by atoms with Gasteiger partial charge in [0, 0.05) is 6.20 Å². The van der Waals surface area contributed by atoms with Gasteiger partial charge >= 0.3 is 65.2 Å². The molecule has 0 radical (unpaired) electrons. The van der Waals surface area contributed by atoms with Crippen molar-refractivity contribution in [1.29, 1.82) is 0 Å². The van der Waals surface area contributed by atoms with Crippen LogP contribution >= 0.6 is 25.6 Å². The SMILES string of the molecule is O=C(On1ccnc1)N(S)S.[H-].[H-].[Na+].[Na+]. The van der Waals surface area contributed by atoms with Crippen LogP contribution in [0.25, 0.3) is 0 Å². The topological polar surface area (TPSA) is 47.4 Å². The van der Waals surface area contributed by atoms with Crippen molar-refractivity contribution < 1.29 is 71.6 Å². The van der Waals surface area contributed by atoms with Crippen LogP contribution in [0.5, 0.6) is 0 Å². The second kappa shape index (κ2) is 8.49. The van der Waals surface area contributed by atoms with E-state index in [2.05, 4.69) is 35.5 Å². The van der Waals surface area contributed by atoms with Crippen LogP contribution in [0.4, 0.5) is 4.79 Å². The molecule has 13 heavy (non-hydrogen) atoms. The summed E-state index contributed by atoms with van der Waals surface area (Å²) in [5.74, 6) is 0. The predicted molar refractivity (Wildman–Crippen MR) is 46.2 cm³/mol. The molecular weight excluding hydrogens is 232 g/mol. The minimum atomic E-state index is -0.699. The van der Waals surface area contributed by atoms with Crippen molar-refractivity contribution in [2.75, 3.05) is 0 Å². The van der Waals surface area contributed by atoms with Gasteiger partial charge in [0.1, 0.15) is 6.33 Å². The van der Waals surface area contributed by atoms with Crippen LogP contribution in [0, 0.1) is 0 Å². The van der Waals surface area contributed by atoms with E-state index in [1.165, 1.54) is 18.7 Å². The van der Waals surface area contributed by atoms with Gasteiger partial charge in [-0.05, 0) is 25.6 Å². The third-order valence-corrected chi connectivity index (χ3v) is 1.15. The smallest absolute Gasteiger partial charge is 1.00 e. The van der Waals surface area contributed by atoms with E-state index >= 15 is 0 Å². The molecule has 0 aliphatic carbocycles. The largest absolute Gasteiger partial charge is 1.00 e. The fourth-order valence-corrected chi connectivity index (χ4v) is 0.501. The van der Waals surface area contributed by atoms with Crippen molar-refractivity contribution in [2.24, 2.45) is 0 Å². The fraction of sp³-hybridized carbons (Fsp3) is 0. The van der Waals surface area contributed by atoms with Crippen LogP contribution in [-0.2, 0) is 0 Å². The van der Waals surface area contributed by atoms with Crippen LogP contribution in [0.15, 0.2) is 18.7 Å². The molecular formula is C4H7N3Na2O2S2. The Hall–Kier alpha value is 1.18. The van der Waals surface area contributed by atoms with Crippen LogP contribution in [0.2, 0.25) is 0 Å². The van der Waals surface area contributed by atoms with Crippen LogP contribution in [0.1, 0.15) is 2.85 Å². The molecule has 0 fully saturated rings. The third kappa shape index (κ3) is 6.29. The van der Waals surface area contributed by atoms with Gasteiger partial charge in [-0.25, -0.2) is 9.78 Å². The molecule has 1 heterocycles. The van der Waals surface area contributed by atoms with Crippen molar-refractivity contribution in [1.82, 2.24) is 13.4 Å². The zero-order chi connectivity index (χ0) is 8.27. The minimum absolute atomic E-state index is 0. The van der Waals surface area contributed by atoms with Gasteiger partial charge in [0.25, 0.3) is 0 Å². The average molecular weight is 239 g/mol. The van der Waals surface area contributed by atoms with Crippen LogP contribution in [0.3, 0.4) is 0 Å². The molecule has 1 amide bonds. The van der Waals surface area contributed by atoms with Crippen molar-refractivity contribution in [2.45, 2.75) is 0 Å². The number of rotatable bonds is 1. The van der Waals surface area contributed by atoms with Gasteiger partial charge in [0.15, 0.2) is 0 Å². The van der Waals surface area contributed by atoms with Gasteiger partial charge in [-0.2, -0.15) is 8.44 Å². The molecule has 1 aromatic heterocycles. The quantitative estimate of drug-likeness (QED) is 0.380. The molecule has 0 spiro atoms. The molecule has 9 heteroatoms. The van der Waals surface area contributed by atoms with Crippen LogP contribution < -0.4 is 64.0 Å². The molecule has 64 valence electrons. The molecule has 1 aromatic rings. The summed E-state index contributed by atoms with van der Waals surface area (Å²) in [6.07, 6.45) is 3.59. The summed E-state index contributed by atoms with van der Waals surface area (Å²) in [6, 6.07) is 0. The zero-order valence-electron chi connectivity index (χ0n) is 9.28. The maximum absolute atomic E-state index is 10.7. The van der Waals surface area contributed by atoms with Gasteiger partial charge in [0.2, 0.25) is 0 Å². The van der Waals surface area contributed by atoms with E-state index in [1.807, 2.05) is 0 Å². The van der Waals surface area contributed by atoms with Crippen molar-refractivity contribution in [3.63, 3.8) is 0 Å². The molecule has 0 aromatic carbocycles. The summed E-state index contributed by atoms with van der Waals surface area (Å²) < 4.78 is 1.86. The molecule has 0 unspecified atom stereocenters. The Labute approximate surface area is 134 Å². The standard InChI is InChI=1S/C4H5N3O2S2.2Na.2H/c8-4(7(10)11)9-6-2-1-5-3-6;;;;/h1-3,10-11H;;;;/q;2*+1;2*-1. The maximum Gasteiger partial charge on any atom is 1.00 e. The number of aromatic nitrogens is 2. The van der Waals surface area contributed by atoms with E-state index in [1.54, 1.807) is 0 Å². The number of nitrogens with zero attached hydrogens (tertiary/aromatic N) is 3. The fourth-order valence-electron chi connectivity index (χ4n) is 0.428. The number of amides is 1. The van der Waals surface area contributed by atoms with Crippen molar-refractivity contribution in [3.8, 4) is 0 Å². The number of carbonyl (C=O) groups excluding carboxylic acids is 1. The Bertz CT molecular complexity index is 252. The van der Waals surface area contributed by atoms with Gasteiger partial charge in [0.05, 0.1) is 6.20 Å². The van der Waals surface area contributed by atoms with E-state index in [0.717, 1.165) is 8.44 Å². The first-order valence-electron chi connectivity index (χ1n) is 2.58. The molecule has 1 rings (SSSR count). The van der Waals surface area contributed by atoms with E-state index < -0.39 is 6.09 Å². The van der Waals surface area contributed by atoms with Crippen LogP contribution in [-0.4, -0.2) is 19.5 Å². The third-order valence-electron chi connectivity index (χ3n) is 0.827. The molecule has 0 N–H and O–H groups in total. The second-order valence-corrected chi connectivity index (χ2v) is 2.68. The summed E-state index contributed by atoms with van der Waals surface area (Å²) in [5, 5.41) is 0. The zero-order valence-corrected chi connectivity index (χ0v) is 13.1. The Morgan fingerprint density at radius 2 is 2.15 bits per heavy atom. The summed E-state index contributed by atoms with van der Waals surface area (Å²) >= 11 is 7.19. The first-order chi connectivity index (χ1) is 5.20. The normalized spacial score (nSPS) is 7.85. The first-order valence-corrected chi connectivity index (χ1v) is 3.38. The number of hydrogen-bond acceptors (Lipinski definition) is 5. The van der Waals surface area contributed by atoms with E-state index in [-0.39, 0.29) is 62.0 Å². The first kappa shape index (κ1) is 16.6. The van der Waals surface area contributed by atoms with E-state index in [9.17, 15) is 4.79 Å². The molecule has 0 saturated carbocycles. The summed E-state index contributed by atoms with van der Waals surface area (Å²) in [5.41, 5.74) is 0. The number of imidazole rings is 1. The summed E-state index contributed by atoms with van der Waals surface area (Å²) in [4.78, 5) is 19.0. The maximum atomic E-state index is 10.7. The summed E-state index contributed by atoms with van der Waals surface area (Å²) in [6.45, 7) is 0. The van der Waals surface area contributed by atoms with Gasteiger partial charge in [-0.1, -0.05) is 0 Å². The van der Waals surface area contributed by atoms with Crippen molar-refractivity contribution in [3.05, 3.63) is 18.7 Å².